The molecule has 0 fully saturated rings. The van der Waals surface area contributed by atoms with Crippen LogP contribution in [0.5, 0.6) is 17.4 Å². The van der Waals surface area contributed by atoms with E-state index in [1.165, 1.54) is 19.4 Å². The number of aromatic nitrogens is 1. The van der Waals surface area contributed by atoms with Crippen LogP contribution in [0.1, 0.15) is 0 Å². The summed E-state index contributed by atoms with van der Waals surface area (Å²) in [5.74, 6) is -0.389. The Bertz CT molecular complexity index is 699. The van der Waals surface area contributed by atoms with Crippen LogP contribution in [0, 0.1) is 9.39 Å². The molecule has 0 amide bonds. The molecule has 0 unspecified atom stereocenters. The number of methoxy groups -OCH3 is 1. The first-order chi connectivity index (χ1) is 10.5. The zero-order valence-corrected chi connectivity index (χ0v) is 14.2. The van der Waals surface area contributed by atoms with Crippen molar-refractivity contribution in [1.82, 2.24) is 4.98 Å². The fourth-order valence-corrected chi connectivity index (χ4v) is 2.08. The SMILES string of the molecule is COC(=O)COc1ncccc1Oc1cc(I)c(F)cc1Cl. The number of benzene rings is 1. The Kier molecular flexibility index (Phi) is 5.78. The molecule has 8 heteroatoms. The molecule has 0 radical (unpaired) electrons. The van der Waals surface area contributed by atoms with Crippen molar-refractivity contribution in [3.63, 3.8) is 0 Å². The minimum Gasteiger partial charge on any atom is -0.466 e. The lowest BCUT2D eigenvalue weighted by molar-refractivity contribution is -0.143. The van der Waals surface area contributed by atoms with Crippen LogP contribution in [0.25, 0.3) is 0 Å². The molecule has 1 heterocycles. The van der Waals surface area contributed by atoms with Gasteiger partial charge in [-0.1, -0.05) is 11.6 Å². The number of ether oxygens (including phenoxy) is 3. The molecule has 0 spiro atoms. The van der Waals surface area contributed by atoms with Gasteiger partial charge >= 0.3 is 5.97 Å². The van der Waals surface area contributed by atoms with Gasteiger partial charge in [-0.05, 0) is 46.9 Å². The lowest BCUT2D eigenvalue weighted by Crippen LogP contribution is -2.13. The number of rotatable bonds is 5. The summed E-state index contributed by atoms with van der Waals surface area (Å²) in [5, 5.41) is 0.112. The highest BCUT2D eigenvalue weighted by atomic mass is 127. The highest BCUT2D eigenvalue weighted by Crippen LogP contribution is 2.35. The Labute approximate surface area is 144 Å². The van der Waals surface area contributed by atoms with Gasteiger partial charge in [0.15, 0.2) is 12.4 Å². The van der Waals surface area contributed by atoms with E-state index in [-0.39, 0.29) is 29.0 Å². The number of hydrogen-bond donors (Lipinski definition) is 0. The molecule has 0 bridgehead atoms. The van der Waals surface area contributed by atoms with E-state index in [0.717, 1.165) is 6.07 Å². The lowest BCUT2D eigenvalue weighted by atomic mass is 10.3. The molecule has 0 aliphatic heterocycles. The van der Waals surface area contributed by atoms with Crippen LogP contribution in [0.15, 0.2) is 30.5 Å². The van der Waals surface area contributed by atoms with Gasteiger partial charge in [-0.3, -0.25) is 0 Å². The molecule has 2 rings (SSSR count). The molecule has 116 valence electrons. The van der Waals surface area contributed by atoms with E-state index >= 15 is 0 Å². The zero-order chi connectivity index (χ0) is 16.1. The van der Waals surface area contributed by atoms with E-state index in [1.807, 2.05) is 22.6 Å². The second kappa shape index (κ2) is 7.59. The maximum absolute atomic E-state index is 13.4. The first-order valence-electron chi connectivity index (χ1n) is 5.98. The van der Waals surface area contributed by atoms with Crippen molar-refractivity contribution in [2.45, 2.75) is 0 Å². The van der Waals surface area contributed by atoms with Crippen molar-refractivity contribution in [3.05, 3.63) is 44.9 Å². The third-order valence-electron chi connectivity index (χ3n) is 2.49. The predicted molar refractivity (Wildman–Crippen MR) is 85.9 cm³/mol. The topological polar surface area (TPSA) is 57.7 Å². The van der Waals surface area contributed by atoms with Crippen LogP contribution in [0.3, 0.4) is 0 Å². The number of halogens is 3. The van der Waals surface area contributed by atoms with E-state index in [2.05, 4.69) is 9.72 Å². The number of esters is 1. The molecule has 5 nitrogen and oxygen atoms in total. The second-order valence-electron chi connectivity index (χ2n) is 3.97. The minimum absolute atomic E-state index is 0.100. The first-order valence-corrected chi connectivity index (χ1v) is 7.44. The fraction of sp³-hybridized carbons (Fsp3) is 0.143. The number of pyridine rings is 1. The van der Waals surface area contributed by atoms with Crippen molar-refractivity contribution in [2.24, 2.45) is 0 Å². The quantitative estimate of drug-likeness (QED) is 0.404. The fourth-order valence-electron chi connectivity index (χ4n) is 1.45. The van der Waals surface area contributed by atoms with Gasteiger partial charge in [-0.15, -0.1) is 0 Å². The van der Waals surface area contributed by atoms with Gasteiger partial charge in [0, 0.05) is 6.20 Å². The summed E-state index contributed by atoms with van der Waals surface area (Å²) in [6.45, 7) is -0.307. The summed E-state index contributed by atoms with van der Waals surface area (Å²) >= 11 is 7.78. The van der Waals surface area contributed by atoms with Gasteiger partial charge in [-0.2, -0.15) is 0 Å². The molecule has 22 heavy (non-hydrogen) atoms. The first kappa shape index (κ1) is 16.8. The maximum Gasteiger partial charge on any atom is 0.343 e. The molecule has 0 N–H and O–H groups in total. The zero-order valence-electron chi connectivity index (χ0n) is 11.3. The van der Waals surface area contributed by atoms with Gasteiger partial charge in [0.05, 0.1) is 15.7 Å². The predicted octanol–water partition coefficient (Wildman–Crippen LogP) is 3.82. The highest BCUT2D eigenvalue weighted by Gasteiger charge is 2.13. The normalized spacial score (nSPS) is 10.2. The van der Waals surface area contributed by atoms with Crippen LogP contribution >= 0.6 is 34.2 Å². The van der Waals surface area contributed by atoms with Crippen LogP contribution < -0.4 is 9.47 Å². The summed E-state index contributed by atoms with van der Waals surface area (Å²) in [6.07, 6.45) is 1.48. The Balaban J connectivity index is 2.23. The largest absolute Gasteiger partial charge is 0.466 e. The molecule has 1 aromatic heterocycles. The Morgan fingerprint density at radius 1 is 1.41 bits per heavy atom. The standard InChI is InChI=1S/C14H10ClFINO4/c1-20-13(19)7-21-14-11(3-2-4-18-14)22-12-6-10(17)9(16)5-8(12)15/h2-6H,7H2,1H3. The Morgan fingerprint density at radius 3 is 2.91 bits per heavy atom. The van der Waals surface area contributed by atoms with E-state index < -0.39 is 11.8 Å². The summed E-state index contributed by atoms with van der Waals surface area (Å²) in [5.41, 5.74) is 0. The van der Waals surface area contributed by atoms with Crippen molar-refractivity contribution in [2.75, 3.05) is 13.7 Å². The van der Waals surface area contributed by atoms with Crippen molar-refractivity contribution >= 4 is 40.2 Å². The van der Waals surface area contributed by atoms with Crippen LogP contribution in [0.2, 0.25) is 5.02 Å². The van der Waals surface area contributed by atoms with E-state index in [9.17, 15) is 9.18 Å². The molecular weight excluding hydrogens is 428 g/mol. The maximum atomic E-state index is 13.4. The van der Waals surface area contributed by atoms with E-state index in [0.29, 0.717) is 3.57 Å². The third kappa shape index (κ3) is 4.20. The number of hydrogen-bond acceptors (Lipinski definition) is 5. The summed E-state index contributed by atoms with van der Waals surface area (Å²) in [6, 6.07) is 5.83. The van der Waals surface area contributed by atoms with Gasteiger partial charge in [0.25, 0.3) is 5.88 Å². The molecule has 0 saturated heterocycles. The molecule has 1 aromatic carbocycles. The summed E-state index contributed by atoms with van der Waals surface area (Å²) < 4.78 is 29.1. The Morgan fingerprint density at radius 2 is 2.18 bits per heavy atom. The smallest absolute Gasteiger partial charge is 0.343 e. The third-order valence-corrected chi connectivity index (χ3v) is 3.61. The van der Waals surface area contributed by atoms with Crippen molar-refractivity contribution < 1.29 is 23.4 Å². The van der Waals surface area contributed by atoms with Gasteiger partial charge in [0.1, 0.15) is 11.6 Å². The highest BCUT2D eigenvalue weighted by molar-refractivity contribution is 14.1. The van der Waals surface area contributed by atoms with Crippen molar-refractivity contribution in [3.8, 4) is 17.4 Å². The van der Waals surface area contributed by atoms with Gasteiger partial charge < -0.3 is 14.2 Å². The van der Waals surface area contributed by atoms with Gasteiger partial charge in [-0.25, -0.2) is 14.2 Å². The molecular formula is C14H10ClFINO4. The minimum atomic E-state index is -0.550. The van der Waals surface area contributed by atoms with Crippen LogP contribution in [-0.2, 0) is 9.53 Å². The Hall–Kier alpha value is -1.61. The van der Waals surface area contributed by atoms with Crippen molar-refractivity contribution in [1.29, 1.82) is 0 Å². The molecule has 0 atom stereocenters. The van der Waals surface area contributed by atoms with Gasteiger partial charge in [0.2, 0.25) is 0 Å². The van der Waals surface area contributed by atoms with Crippen LogP contribution in [-0.4, -0.2) is 24.7 Å². The monoisotopic (exact) mass is 437 g/mol. The second-order valence-corrected chi connectivity index (χ2v) is 5.54. The summed E-state index contributed by atoms with van der Waals surface area (Å²) in [7, 11) is 1.25. The summed E-state index contributed by atoms with van der Waals surface area (Å²) in [4.78, 5) is 15.1. The number of nitrogens with zero attached hydrogens (tertiary/aromatic N) is 1. The molecule has 2 aromatic rings. The average molecular weight is 438 g/mol. The van der Waals surface area contributed by atoms with Crippen LogP contribution in [0.4, 0.5) is 4.39 Å². The number of carbonyl (C=O) groups is 1. The van der Waals surface area contributed by atoms with E-state index in [1.54, 1.807) is 12.1 Å². The molecule has 0 aliphatic carbocycles. The lowest BCUT2D eigenvalue weighted by Gasteiger charge is -2.12. The molecule has 0 aliphatic rings. The molecule has 0 saturated carbocycles. The average Bonchev–Trinajstić information content (AvgIpc) is 2.51. The number of carbonyl (C=O) groups excluding carboxylic acids is 1. The van der Waals surface area contributed by atoms with E-state index in [4.69, 9.17) is 21.1 Å².